The molecule has 8 heteroatoms. The van der Waals surface area contributed by atoms with Gasteiger partial charge in [0, 0.05) is 0 Å². The first-order valence-corrected chi connectivity index (χ1v) is 4.54. The molecule has 0 aliphatic heterocycles. The molecular formula is C8H10F6O2. The van der Waals surface area contributed by atoms with Gasteiger partial charge in [-0.1, -0.05) is 12.8 Å². The van der Waals surface area contributed by atoms with E-state index in [4.69, 9.17) is 5.11 Å². The Balaban J connectivity index is 3.26. The molecule has 1 rings (SSSR count). The molecule has 0 amide bonds. The van der Waals surface area contributed by atoms with E-state index in [2.05, 4.69) is 0 Å². The Kier molecular flexibility index (Phi) is 2.96. The second kappa shape index (κ2) is 3.49. The van der Waals surface area contributed by atoms with Gasteiger partial charge in [0.1, 0.15) is 5.60 Å². The third kappa shape index (κ3) is 1.67. The SMILES string of the molecule is OC1(C(O)(C(F)(F)F)C(F)(F)F)CCCC1. The smallest absolute Gasteiger partial charge is 0.386 e. The van der Waals surface area contributed by atoms with Gasteiger partial charge in [-0.05, 0) is 12.8 Å². The predicted molar refractivity (Wildman–Crippen MR) is 40.5 cm³/mol. The number of alkyl halides is 6. The quantitative estimate of drug-likeness (QED) is 0.702. The van der Waals surface area contributed by atoms with Crippen LogP contribution in [-0.4, -0.2) is 33.8 Å². The molecule has 0 saturated heterocycles. The molecule has 1 saturated carbocycles. The summed E-state index contributed by atoms with van der Waals surface area (Å²) in [7, 11) is 0. The first kappa shape index (κ1) is 13.6. The van der Waals surface area contributed by atoms with E-state index in [1.807, 2.05) is 0 Å². The summed E-state index contributed by atoms with van der Waals surface area (Å²) in [5, 5.41) is 18.3. The normalized spacial score (nSPS) is 22.5. The van der Waals surface area contributed by atoms with Crippen LogP contribution in [-0.2, 0) is 0 Å². The number of hydrogen-bond donors (Lipinski definition) is 2. The maximum atomic E-state index is 12.4. The van der Waals surface area contributed by atoms with Gasteiger partial charge >= 0.3 is 12.4 Å². The molecule has 2 nitrogen and oxygen atoms in total. The highest BCUT2D eigenvalue weighted by Gasteiger charge is 2.79. The van der Waals surface area contributed by atoms with Crippen molar-refractivity contribution in [2.45, 2.75) is 49.2 Å². The second-order valence-electron chi connectivity index (χ2n) is 3.94. The van der Waals surface area contributed by atoms with Crippen molar-refractivity contribution in [3.05, 3.63) is 0 Å². The van der Waals surface area contributed by atoms with E-state index < -0.39 is 36.4 Å². The summed E-state index contributed by atoms with van der Waals surface area (Å²) in [6, 6.07) is 0. The monoisotopic (exact) mass is 252 g/mol. The van der Waals surface area contributed by atoms with Crippen LogP contribution >= 0.6 is 0 Å². The van der Waals surface area contributed by atoms with Crippen molar-refractivity contribution in [3.63, 3.8) is 0 Å². The second-order valence-corrected chi connectivity index (χ2v) is 3.94. The minimum absolute atomic E-state index is 0.0188. The Morgan fingerprint density at radius 3 is 1.38 bits per heavy atom. The largest absolute Gasteiger partial charge is 0.429 e. The Morgan fingerprint density at radius 1 is 0.812 bits per heavy atom. The lowest BCUT2D eigenvalue weighted by Crippen LogP contribution is -2.70. The average molecular weight is 252 g/mol. The molecule has 96 valence electrons. The minimum atomic E-state index is -5.95. The predicted octanol–water partition coefficient (Wildman–Crippen LogP) is 2.15. The molecule has 1 fully saturated rings. The van der Waals surface area contributed by atoms with E-state index in [0.29, 0.717) is 0 Å². The van der Waals surface area contributed by atoms with Gasteiger partial charge in [-0.25, -0.2) is 0 Å². The van der Waals surface area contributed by atoms with Crippen LogP contribution in [0.2, 0.25) is 0 Å². The van der Waals surface area contributed by atoms with E-state index >= 15 is 0 Å². The Bertz CT molecular complexity index is 249. The van der Waals surface area contributed by atoms with E-state index in [1.165, 1.54) is 0 Å². The lowest BCUT2D eigenvalue weighted by atomic mass is 9.80. The summed E-state index contributed by atoms with van der Waals surface area (Å²) in [5.41, 5.74) is -8.23. The minimum Gasteiger partial charge on any atom is -0.386 e. The molecule has 1 aliphatic rings. The molecule has 0 aromatic heterocycles. The third-order valence-corrected chi connectivity index (χ3v) is 2.92. The molecule has 1 aliphatic carbocycles. The van der Waals surface area contributed by atoms with Crippen LogP contribution in [0.4, 0.5) is 26.3 Å². The van der Waals surface area contributed by atoms with Gasteiger partial charge in [0.25, 0.3) is 5.60 Å². The van der Waals surface area contributed by atoms with Crippen molar-refractivity contribution in [2.75, 3.05) is 0 Å². The summed E-state index contributed by atoms with van der Waals surface area (Å²) in [6.45, 7) is 0. The van der Waals surface area contributed by atoms with Crippen LogP contribution in [0, 0.1) is 0 Å². The van der Waals surface area contributed by atoms with Crippen LogP contribution in [0.25, 0.3) is 0 Å². The van der Waals surface area contributed by atoms with Crippen LogP contribution < -0.4 is 0 Å². The fraction of sp³-hybridized carbons (Fsp3) is 1.00. The molecule has 0 bridgehead atoms. The Morgan fingerprint density at radius 2 is 1.12 bits per heavy atom. The first-order chi connectivity index (χ1) is 6.96. The molecule has 0 atom stereocenters. The molecule has 0 aromatic carbocycles. The van der Waals surface area contributed by atoms with Gasteiger partial charge in [-0.2, -0.15) is 26.3 Å². The highest BCUT2D eigenvalue weighted by molar-refractivity contribution is 5.11. The van der Waals surface area contributed by atoms with Crippen LogP contribution in [0.15, 0.2) is 0 Å². The molecule has 0 unspecified atom stereocenters. The van der Waals surface area contributed by atoms with Gasteiger partial charge in [0.2, 0.25) is 0 Å². The Hall–Kier alpha value is -0.500. The lowest BCUT2D eigenvalue weighted by Gasteiger charge is -2.42. The van der Waals surface area contributed by atoms with Gasteiger partial charge in [0.15, 0.2) is 0 Å². The van der Waals surface area contributed by atoms with Crippen molar-refractivity contribution in [2.24, 2.45) is 0 Å². The molecule has 0 aromatic rings. The van der Waals surface area contributed by atoms with Crippen molar-refractivity contribution in [3.8, 4) is 0 Å². The van der Waals surface area contributed by atoms with E-state index in [9.17, 15) is 31.4 Å². The van der Waals surface area contributed by atoms with E-state index in [1.54, 1.807) is 0 Å². The number of aliphatic hydroxyl groups is 2. The van der Waals surface area contributed by atoms with Gasteiger partial charge in [-0.3, -0.25) is 0 Å². The van der Waals surface area contributed by atoms with Crippen molar-refractivity contribution >= 4 is 0 Å². The van der Waals surface area contributed by atoms with Gasteiger partial charge in [0.05, 0.1) is 0 Å². The zero-order chi connectivity index (χ0) is 12.8. The van der Waals surface area contributed by atoms with E-state index in [0.717, 1.165) is 0 Å². The summed E-state index contributed by atoms with van der Waals surface area (Å²) >= 11 is 0. The highest BCUT2D eigenvalue weighted by Crippen LogP contribution is 2.54. The number of rotatable bonds is 1. The molecule has 0 heterocycles. The maximum Gasteiger partial charge on any atom is 0.429 e. The van der Waals surface area contributed by atoms with Crippen LogP contribution in [0.3, 0.4) is 0 Å². The third-order valence-electron chi connectivity index (χ3n) is 2.92. The molecule has 0 radical (unpaired) electrons. The molecular weight excluding hydrogens is 242 g/mol. The van der Waals surface area contributed by atoms with Crippen molar-refractivity contribution in [1.29, 1.82) is 0 Å². The standard InChI is InChI=1S/C8H10F6O2/c9-7(10,11)6(16,8(12,13)14)5(15)3-1-2-4-5/h15-16H,1-4H2. The zero-order valence-electron chi connectivity index (χ0n) is 7.99. The fourth-order valence-corrected chi connectivity index (χ4v) is 2.01. The first-order valence-electron chi connectivity index (χ1n) is 4.54. The lowest BCUT2D eigenvalue weighted by molar-refractivity contribution is -0.411. The van der Waals surface area contributed by atoms with Gasteiger partial charge < -0.3 is 10.2 Å². The van der Waals surface area contributed by atoms with Gasteiger partial charge in [-0.15, -0.1) is 0 Å². The highest BCUT2D eigenvalue weighted by atomic mass is 19.4. The number of hydrogen-bond acceptors (Lipinski definition) is 2. The Labute approximate surface area is 86.9 Å². The van der Waals surface area contributed by atoms with Crippen LogP contribution in [0.5, 0.6) is 0 Å². The molecule has 16 heavy (non-hydrogen) atoms. The summed E-state index contributed by atoms with van der Waals surface area (Å²) in [6.07, 6.45) is -13.3. The summed E-state index contributed by atoms with van der Waals surface area (Å²) in [5.74, 6) is 0. The van der Waals surface area contributed by atoms with Crippen molar-refractivity contribution < 1.29 is 36.6 Å². The number of halogens is 6. The molecule has 2 N–H and O–H groups in total. The summed E-state index contributed by atoms with van der Waals surface area (Å²) < 4.78 is 74.2. The fourth-order valence-electron chi connectivity index (χ4n) is 2.01. The zero-order valence-corrected chi connectivity index (χ0v) is 7.99. The average Bonchev–Trinajstić information content (AvgIpc) is 2.47. The van der Waals surface area contributed by atoms with E-state index in [-0.39, 0.29) is 12.8 Å². The topological polar surface area (TPSA) is 40.5 Å². The van der Waals surface area contributed by atoms with Crippen LogP contribution in [0.1, 0.15) is 25.7 Å². The maximum absolute atomic E-state index is 12.4. The van der Waals surface area contributed by atoms with Crippen molar-refractivity contribution in [1.82, 2.24) is 0 Å². The molecule has 0 spiro atoms. The summed E-state index contributed by atoms with van der Waals surface area (Å²) in [4.78, 5) is 0.